The maximum absolute atomic E-state index is 12.5. The average Bonchev–Trinajstić information content (AvgIpc) is 2.62. The van der Waals surface area contributed by atoms with Crippen molar-refractivity contribution >= 4 is 37.5 Å². The first-order valence-electron chi connectivity index (χ1n) is 7.46. The first-order valence-corrected chi connectivity index (χ1v) is 9.69. The largest absolute Gasteiger partial charge is 0.495 e. The van der Waals surface area contributed by atoms with Gasteiger partial charge >= 0.3 is 0 Å². The Morgan fingerprint density at radius 3 is 1.96 bits per heavy atom. The molecule has 1 amide bonds. The summed E-state index contributed by atoms with van der Waals surface area (Å²) in [6.45, 7) is 0. The normalized spacial score (nSPS) is 11.3. The monoisotopic (exact) mass is 442 g/mol. The Morgan fingerprint density at radius 2 is 1.54 bits per heavy atom. The summed E-state index contributed by atoms with van der Waals surface area (Å²) >= 11 is 3.35. The molecular weight excluding hydrogens is 424 g/mol. The van der Waals surface area contributed by atoms with Crippen molar-refractivity contribution in [1.82, 2.24) is 4.31 Å². The highest BCUT2D eigenvalue weighted by Gasteiger charge is 2.18. The molecule has 9 heteroatoms. The van der Waals surface area contributed by atoms with Gasteiger partial charge in [-0.3, -0.25) is 4.79 Å². The van der Waals surface area contributed by atoms with E-state index >= 15 is 0 Å². The van der Waals surface area contributed by atoms with Crippen LogP contribution in [0.1, 0.15) is 10.4 Å². The number of rotatable bonds is 6. The van der Waals surface area contributed by atoms with Crippen LogP contribution in [0.4, 0.5) is 5.69 Å². The number of nitrogens with one attached hydrogen (secondary N) is 1. The zero-order valence-corrected chi connectivity index (χ0v) is 17.1. The first-order chi connectivity index (χ1) is 12.2. The number of hydrogen-bond donors (Lipinski definition) is 1. The fraction of sp³-hybridized carbons (Fsp3) is 0.235. The maximum Gasteiger partial charge on any atom is 0.255 e. The highest BCUT2D eigenvalue weighted by atomic mass is 79.9. The molecule has 1 N–H and O–H groups in total. The lowest BCUT2D eigenvalue weighted by atomic mass is 10.1. The van der Waals surface area contributed by atoms with Gasteiger partial charge in [0.25, 0.3) is 5.91 Å². The molecule has 26 heavy (non-hydrogen) atoms. The van der Waals surface area contributed by atoms with E-state index in [0.717, 1.165) is 4.31 Å². The molecule has 140 valence electrons. The average molecular weight is 443 g/mol. The molecule has 0 fully saturated rings. The molecule has 2 aromatic carbocycles. The van der Waals surface area contributed by atoms with E-state index in [1.807, 2.05) is 0 Å². The summed E-state index contributed by atoms with van der Waals surface area (Å²) in [7, 11) is 2.38. The number of carbonyl (C=O) groups is 1. The summed E-state index contributed by atoms with van der Waals surface area (Å²) < 4.78 is 36.3. The second-order valence-corrected chi connectivity index (χ2v) is 8.41. The van der Waals surface area contributed by atoms with Crippen LogP contribution >= 0.6 is 15.9 Å². The molecule has 2 rings (SSSR count). The summed E-state index contributed by atoms with van der Waals surface area (Å²) in [4.78, 5) is 12.6. The lowest BCUT2D eigenvalue weighted by molar-refractivity contribution is 0.102. The zero-order chi connectivity index (χ0) is 19.5. The third-order valence-corrected chi connectivity index (χ3v) is 6.21. The molecule has 0 saturated carbocycles. The van der Waals surface area contributed by atoms with Gasteiger partial charge in [-0.05, 0) is 52.3 Å². The van der Waals surface area contributed by atoms with Crippen molar-refractivity contribution in [3.63, 3.8) is 0 Å². The van der Waals surface area contributed by atoms with E-state index in [1.54, 1.807) is 12.1 Å². The molecule has 0 aromatic heterocycles. The fourth-order valence-electron chi connectivity index (χ4n) is 2.12. The van der Waals surface area contributed by atoms with Crippen LogP contribution in [0.2, 0.25) is 0 Å². The van der Waals surface area contributed by atoms with Gasteiger partial charge in [-0.2, -0.15) is 0 Å². The molecule has 0 heterocycles. The molecule has 0 saturated heterocycles. The van der Waals surface area contributed by atoms with Gasteiger partial charge in [-0.15, -0.1) is 0 Å². The molecule has 0 radical (unpaired) electrons. The summed E-state index contributed by atoms with van der Waals surface area (Å²) in [6.07, 6.45) is 0. The Bertz CT molecular complexity index is 886. The van der Waals surface area contributed by atoms with Crippen LogP contribution < -0.4 is 14.8 Å². The van der Waals surface area contributed by atoms with E-state index in [0.29, 0.717) is 27.2 Å². The van der Waals surface area contributed by atoms with Gasteiger partial charge in [0, 0.05) is 25.3 Å². The van der Waals surface area contributed by atoms with Crippen molar-refractivity contribution in [3.05, 3.63) is 46.4 Å². The number of benzene rings is 2. The maximum atomic E-state index is 12.5. The molecule has 0 unspecified atom stereocenters. The second-order valence-electron chi connectivity index (χ2n) is 5.46. The second kappa shape index (κ2) is 8.07. The van der Waals surface area contributed by atoms with Gasteiger partial charge in [0.2, 0.25) is 10.0 Å². The number of sulfonamides is 1. The molecule has 2 aromatic rings. The van der Waals surface area contributed by atoms with Gasteiger partial charge < -0.3 is 14.8 Å². The van der Waals surface area contributed by atoms with E-state index in [4.69, 9.17) is 9.47 Å². The van der Waals surface area contributed by atoms with Gasteiger partial charge in [0.1, 0.15) is 16.0 Å². The van der Waals surface area contributed by atoms with E-state index in [-0.39, 0.29) is 10.8 Å². The Morgan fingerprint density at radius 1 is 1.04 bits per heavy atom. The molecule has 0 aliphatic carbocycles. The van der Waals surface area contributed by atoms with Crippen molar-refractivity contribution in [2.75, 3.05) is 33.6 Å². The van der Waals surface area contributed by atoms with Gasteiger partial charge in [0.15, 0.2) is 0 Å². The third-order valence-electron chi connectivity index (χ3n) is 3.60. The smallest absolute Gasteiger partial charge is 0.255 e. The van der Waals surface area contributed by atoms with Gasteiger partial charge in [0.05, 0.1) is 19.1 Å². The molecule has 0 atom stereocenters. The Kier molecular flexibility index (Phi) is 6.27. The van der Waals surface area contributed by atoms with Crippen molar-refractivity contribution in [1.29, 1.82) is 0 Å². The molecular formula is C17H19BrN2O5S. The first kappa shape index (κ1) is 20.2. The van der Waals surface area contributed by atoms with Crippen molar-refractivity contribution in [2.45, 2.75) is 4.90 Å². The summed E-state index contributed by atoms with van der Waals surface area (Å²) in [5.74, 6) is 0.543. The number of hydrogen-bond acceptors (Lipinski definition) is 5. The number of nitrogens with zero attached hydrogens (tertiary/aromatic N) is 1. The van der Waals surface area contributed by atoms with E-state index < -0.39 is 10.0 Å². The number of anilines is 1. The summed E-state index contributed by atoms with van der Waals surface area (Å²) in [5.41, 5.74) is 0.806. The Hall–Kier alpha value is -2.10. The fourth-order valence-corrected chi connectivity index (χ4v) is 3.58. The predicted molar refractivity (Wildman–Crippen MR) is 103 cm³/mol. The molecule has 7 nitrogen and oxygen atoms in total. The topological polar surface area (TPSA) is 84.9 Å². The third kappa shape index (κ3) is 4.17. The number of methoxy groups -OCH3 is 2. The lowest BCUT2D eigenvalue weighted by Gasteiger charge is -2.13. The van der Waals surface area contributed by atoms with Crippen molar-refractivity contribution in [3.8, 4) is 11.5 Å². The molecule has 0 aliphatic rings. The quantitative estimate of drug-likeness (QED) is 0.742. The molecule has 0 aliphatic heterocycles. The van der Waals surface area contributed by atoms with Crippen LogP contribution in [0.25, 0.3) is 0 Å². The highest BCUT2D eigenvalue weighted by Crippen LogP contribution is 2.35. The minimum atomic E-state index is -3.51. The summed E-state index contributed by atoms with van der Waals surface area (Å²) in [6, 6.07) is 9.09. The predicted octanol–water partition coefficient (Wildman–Crippen LogP) is 2.97. The van der Waals surface area contributed by atoms with Crippen molar-refractivity contribution in [2.24, 2.45) is 0 Å². The number of ether oxygens (including phenoxy) is 2. The van der Waals surface area contributed by atoms with Crippen molar-refractivity contribution < 1.29 is 22.7 Å². The van der Waals surface area contributed by atoms with Gasteiger partial charge in [-0.1, -0.05) is 0 Å². The summed E-state index contributed by atoms with van der Waals surface area (Å²) in [5, 5.41) is 2.71. The van der Waals surface area contributed by atoms with Crippen LogP contribution in [0.5, 0.6) is 11.5 Å². The number of amides is 1. The highest BCUT2D eigenvalue weighted by molar-refractivity contribution is 9.10. The number of carbonyl (C=O) groups excluding carboxylic acids is 1. The van der Waals surface area contributed by atoms with Crippen LogP contribution in [0.15, 0.2) is 45.8 Å². The van der Waals surface area contributed by atoms with Crippen LogP contribution in [-0.2, 0) is 10.0 Å². The van der Waals surface area contributed by atoms with E-state index in [1.165, 1.54) is 52.6 Å². The minimum Gasteiger partial charge on any atom is -0.495 e. The zero-order valence-electron chi connectivity index (χ0n) is 14.7. The Balaban J connectivity index is 2.25. The van der Waals surface area contributed by atoms with E-state index in [9.17, 15) is 13.2 Å². The standard InChI is InChI=1S/C17H19BrN2O5S/c1-20(2)26(22,23)13-7-5-12(6-8-13)19-17(21)11-9-14(24-3)16(18)15(10-11)25-4/h5-10H,1-4H3,(H,19,21). The molecule has 0 spiro atoms. The van der Waals surface area contributed by atoms with Crippen LogP contribution in [0.3, 0.4) is 0 Å². The minimum absolute atomic E-state index is 0.146. The van der Waals surface area contributed by atoms with Gasteiger partial charge in [-0.25, -0.2) is 12.7 Å². The van der Waals surface area contributed by atoms with E-state index in [2.05, 4.69) is 21.2 Å². The Labute approximate surface area is 161 Å². The molecule has 0 bridgehead atoms. The number of halogens is 1. The van der Waals surface area contributed by atoms with Crippen LogP contribution in [0, 0.1) is 0 Å². The lowest BCUT2D eigenvalue weighted by Crippen LogP contribution is -2.22. The van der Waals surface area contributed by atoms with Crippen LogP contribution in [-0.4, -0.2) is 46.9 Å². The SMILES string of the molecule is COc1cc(C(=O)Nc2ccc(S(=O)(=O)N(C)C)cc2)cc(OC)c1Br.